The molecule has 0 radical (unpaired) electrons. The van der Waals surface area contributed by atoms with Gasteiger partial charge in [0.2, 0.25) is 0 Å². The number of nitrogens with one attached hydrogen (secondary N) is 1. The summed E-state index contributed by atoms with van der Waals surface area (Å²) in [5.41, 5.74) is 1.56. The van der Waals surface area contributed by atoms with Crippen LogP contribution >= 0.6 is 11.6 Å². The fourth-order valence-corrected chi connectivity index (χ4v) is 1.78. The maximum atomic E-state index is 11.9. The maximum Gasteiger partial charge on any atom is 0.254 e. The molecule has 0 aliphatic rings. The second-order valence-electron chi connectivity index (χ2n) is 4.15. The largest absolute Gasteiger partial charge is 0.345 e. The first-order valence-electron chi connectivity index (χ1n) is 5.61. The van der Waals surface area contributed by atoms with Gasteiger partial charge in [-0.15, -0.1) is 0 Å². The van der Waals surface area contributed by atoms with Crippen LogP contribution in [0.25, 0.3) is 0 Å². The minimum absolute atomic E-state index is 0.0741. The van der Waals surface area contributed by atoms with Gasteiger partial charge in [-0.05, 0) is 24.6 Å². The van der Waals surface area contributed by atoms with Gasteiger partial charge in [0.05, 0.1) is 17.8 Å². The molecule has 0 saturated carbocycles. The molecule has 0 spiro atoms. The standard InChI is InChI=1S/C13H14ClN3O/c1-9(10-3-5-12(14)6-4-10)16-13(18)11-7-15-17(2)8-11/h3-9H,1-2H3,(H,16,18). The highest BCUT2D eigenvalue weighted by molar-refractivity contribution is 6.30. The van der Waals surface area contributed by atoms with E-state index in [0.29, 0.717) is 10.6 Å². The van der Waals surface area contributed by atoms with E-state index in [4.69, 9.17) is 11.6 Å². The Morgan fingerprint density at radius 2 is 2.06 bits per heavy atom. The Kier molecular flexibility index (Phi) is 3.67. The van der Waals surface area contributed by atoms with Crippen molar-refractivity contribution in [3.8, 4) is 0 Å². The van der Waals surface area contributed by atoms with E-state index in [1.54, 1.807) is 24.1 Å². The molecule has 4 nitrogen and oxygen atoms in total. The second kappa shape index (κ2) is 5.23. The number of rotatable bonds is 3. The van der Waals surface area contributed by atoms with Gasteiger partial charge < -0.3 is 5.32 Å². The summed E-state index contributed by atoms with van der Waals surface area (Å²) >= 11 is 5.82. The zero-order valence-electron chi connectivity index (χ0n) is 10.2. The molecular formula is C13H14ClN3O. The van der Waals surface area contributed by atoms with Gasteiger partial charge in [0.1, 0.15) is 0 Å². The molecule has 2 rings (SSSR count). The molecule has 1 atom stereocenters. The third-order valence-electron chi connectivity index (χ3n) is 2.68. The highest BCUT2D eigenvalue weighted by Gasteiger charge is 2.12. The minimum Gasteiger partial charge on any atom is -0.345 e. The number of carbonyl (C=O) groups is 1. The van der Waals surface area contributed by atoms with Crippen LogP contribution in [0.2, 0.25) is 5.02 Å². The predicted octanol–water partition coefficient (Wildman–Crippen LogP) is 2.56. The van der Waals surface area contributed by atoms with Crippen molar-refractivity contribution in [2.24, 2.45) is 7.05 Å². The number of amides is 1. The summed E-state index contributed by atoms with van der Waals surface area (Å²) in [4.78, 5) is 11.9. The maximum absolute atomic E-state index is 11.9. The minimum atomic E-state index is -0.134. The smallest absolute Gasteiger partial charge is 0.254 e. The summed E-state index contributed by atoms with van der Waals surface area (Å²) < 4.78 is 1.60. The van der Waals surface area contributed by atoms with E-state index in [9.17, 15) is 4.79 Å². The van der Waals surface area contributed by atoms with E-state index >= 15 is 0 Å². The topological polar surface area (TPSA) is 46.9 Å². The SMILES string of the molecule is CC(NC(=O)c1cnn(C)c1)c1ccc(Cl)cc1. The Bertz CT molecular complexity index is 548. The lowest BCUT2D eigenvalue weighted by molar-refractivity contribution is 0.0940. The predicted molar refractivity (Wildman–Crippen MR) is 70.5 cm³/mol. The number of benzene rings is 1. The molecule has 1 amide bonds. The molecule has 1 heterocycles. The first-order valence-corrected chi connectivity index (χ1v) is 5.99. The van der Waals surface area contributed by atoms with E-state index in [1.807, 2.05) is 31.2 Å². The van der Waals surface area contributed by atoms with Crippen molar-refractivity contribution < 1.29 is 4.79 Å². The molecule has 2 aromatic rings. The molecule has 0 saturated heterocycles. The van der Waals surface area contributed by atoms with Crippen molar-refractivity contribution in [1.82, 2.24) is 15.1 Å². The second-order valence-corrected chi connectivity index (χ2v) is 4.59. The summed E-state index contributed by atoms with van der Waals surface area (Å²) in [6, 6.07) is 7.34. The van der Waals surface area contributed by atoms with Crippen molar-refractivity contribution in [1.29, 1.82) is 0 Å². The van der Waals surface area contributed by atoms with Crippen LogP contribution in [-0.4, -0.2) is 15.7 Å². The van der Waals surface area contributed by atoms with E-state index < -0.39 is 0 Å². The lowest BCUT2D eigenvalue weighted by atomic mass is 10.1. The van der Waals surface area contributed by atoms with E-state index in [-0.39, 0.29) is 11.9 Å². The highest BCUT2D eigenvalue weighted by Crippen LogP contribution is 2.16. The molecule has 1 unspecified atom stereocenters. The molecular weight excluding hydrogens is 250 g/mol. The third kappa shape index (κ3) is 2.90. The van der Waals surface area contributed by atoms with E-state index in [2.05, 4.69) is 10.4 Å². The van der Waals surface area contributed by atoms with Crippen LogP contribution in [0.15, 0.2) is 36.7 Å². The van der Waals surface area contributed by atoms with Crippen LogP contribution in [0.4, 0.5) is 0 Å². The lowest BCUT2D eigenvalue weighted by Gasteiger charge is -2.13. The number of halogens is 1. The van der Waals surface area contributed by atoms with Gasteiger partial charge >= 0.3 is 0 Å². The van der Waals surface area contributed by atoms with Gasteiger partial charge in [0.25, 0.3) is 5.91 Å². The van der Waals surface area contributed by atoms with E-state index in [0.717, 1.165) is 5.56 Å². The summed E-state index contributed by atoms with van der Waals surface area (Å²) in [5, 5.41) is 7.56. The van der Waals surface area contributed by atoms with Crippen LogP contribution in [0.5, 0.6) is 0 Å². The van der Waals surface area contributed by atoms with Gasteiger partial charge in [-0.25, -0.2) is 0 Å². The van der Waals surface area contributed by atoms with E-state index in [1.165, 1.54) is 0 Å². The fraction of sp³-hybridized carbons (Fsp3) is 0.231. The van der Waals surface area contributed by atoms with Gasteiger partial charge in [-0.2, -0.15) is 5.10 Å². The summed E-state index contributed by atoms with van der Waals surface area (Å²) in [7, 11) is 1.78. The van der Waals surface area contributed by atoms with Crippen molar-refractivity contribution in [2.75, 3.05) is 0 Å². The van der Waals surface area contributed by atoms with Crippen LogP contribution < -0.4 is 5.32 Å². The molecule has 18 heavy (non-hydrogen) atoms. The Balaban J connectivity index is 2.05. The van der Waals surface area contributed by atoms with Crippen LogP contribution in [-0.2, 0) is 7.05 Å². The Labute approximate surface area is 111 Å². The lowest BCUT2D eigenvalue weighted by Crippen LogP contribution is -2.26. The number of carbonyl (C=O) groups excluding carboxylic acids is 1. The van der Waals surface area contributed by atoms with Crippen molar-refractivity contribution in [2.45, 2.75) is 13.0 Å². The molecule has 1 N–H and O–H groups in total. The van der Waals surface area contributed by atoms with Crippen molar-refractivity contribution in [3.63, 3.8) is 0 Å². The Morgan fingerprint density at radius 3 is 2.61 bits per heavy atom. The number of nitrogens with zero attached hydrogens (tertiary/aromatic N) is 2. The number of aromatic nitrogens is 2. The Morgan fingerprint density at radius 1 is 1.39 bits per heavy atom. The summed E-state index contributed by atoms with van der Waals surface area (Å²) in [6.07, 6.45) is 3.23. The Hall–Kier alpha value is -1.81. The molecule has 0 bridgehead atoms. The average molecular weight is 264 g/mol. The van der Waals surface area contributed by atoms with Crippen LogP contribution in [0.3, 0.4) is 0 Å². The van der Waals surface area contributed by atoms with Crippen LogP contribution in [0.1, 0.15) is 28.9 Å². The van der Waals surface area contributed by atoms with Gasteiger partial charge in [-0.1, -0.05) is 23.7 Å². The molecule has 0 fully saturated rings. The number of hydrogen-bond acceptors (Lipinski definition) is 2. The summed E-state index contributed by atoms with van der Waals surface area (Å²) in [6.45, 7) is 1.93. The summed E-state index contributed by atoms with van der Waals surface area (Å²) in [5.74, 6) is -0.134. The number of aryl methyl sites for hydroxylation is 1. The number of hydrogen-bond donors (Lipinski definition) is 1. The van der Waals surface area contributed by atoms with Crippen molar-refractivity contribution >= 4 is 17.5 Å². The van der Waals surface area contributed by atoms with Crippen LogP contribution in [0, 0.1) is 0 Å². The normalized spacial score (nSPS) is 12.2. The third-order valence-corrected chi connectivity index (χ3v) is 2.94. The first-order chi connectivity index (χ1) is 8.56. The zero-order chi connectivity index (χ0) is 13.1. The average Bonchev–Trinajstić information content (AvgIpc) is 2.76. The fourth-order valence-electron chi connectivity index (χ4n) is 1.65. The monoisotopic (exact) mass is 263 g/mol. The zero-order valence-corrected chi connectivity index (χ0v) is 11.0. The van der Waals surface area contributed by atoms with Gasteiger partial charge in [0, 0.05) is 18.3 Å². The van der Waals surface area contributed by atoms with Crippen molar-refractivity contribution in [3.05, 3.63) is 52.8 Å². The molecule has 94 valence electrons. The highest BCUT2D eigenvalue weighted by atomic mass is 35.5. The first kappa shape index (κ1) is 12.6. The molecule has 0 aliphatic carbocycles. The molecule has 1 aromatic heterocycles. The molecule has 1 aromatic carbocycles. The quantitative estimate of drug-likeness (QED) is 0.925. The molecule has 0 aliphatic heterocycles. The molecule has 5 heteroatoms. The van der Waals surface area contributed by atoms with Gasteiger partial charge in [0.15, 0.2) is 0 Å². The van der Waals surface area contributed by atoms with Gasteiger partial charge in [-0.3, -0.25) is 9.48 Å².